The van der Waals surface area contributed by atoms with Crippen LogP contribution in [0.15, 0.2) is 63.7 Å². The van der Waals surface area contributed by atoms with Gasteiger partial charge < -0.3 is 20.3 Å². The van der Waals surface area contributed by atoms with Crippen molar-refractivity contribution in [3.63, 3.8) is 0 Å². The van der Waals surface area contributed by atoms with Crippen LogP contribution < -0.4 is 5.32 Å². The van der Waals surface area contributed by atoms with E-state index in [4.69, 9.17) is 16.7 Å². The van der Waals surface area contributed by atoms with Gasteiger partial charge in [-0.05, 0) is 42.4 Å². The summed E-state index contributed by atoms with van der Waals surface area (Å²) in [4.78, 5) is 32.1. The van der Waals surface area contributed by atoms with Crippen LogP contribution in [0.25, 0.3) is 17.0 Å². The van der Waals surface area contributed by atoms with Crippen LogP contribution >= 0.6 is 27.5 Å². The third-order valence-corrected chi connectivity index (χ3v) is 6.89. The topological polar surface area (TPSA) is 88.7 Å². The molecule has 2 amide bonds. The number of carbonyl (C=O) groups excluding carboxylic acids is 2. The number of nitrogens with zero attached hydrogens (tertiary/aromatic N) is 2. The van der Waals surface area contributed by atoms with Gasteiger partial charge in [-0.15, -0.1) is 0 Å². The molecule has 2 heterocycles. The lowest BCUT2D eigenvalue weighted by molar-refractivity contribution is -0.135. The second kappa shape index (κ2) is 11.9. The molecule has 1 aliphatic heterocycles. The number of amides is 2. The molecule has 0 bridgehead atoms. The molecule has 1 fully saturated rings. The van der Waals surface area contributed by atoms with Crippen LogP contribution in [-0.4, -0.2) is 77.6 Å². The number of rotatable bonds is 7. The molecular formula is C26H28BrClN4O3. The number of piperazine rings is 1. The van der Waals surface area contributed by atoms with Crippen molar-refractivity contribution in [2.24, 2.45) is 0 Å². The summed E-state index contributed by atoms with van der Waals surface area (Å²) in [5.41, 5.74) is 3.32. The molecule has 0 unspecified atom stereocenters. The van der Waals surface area contributed by atoms with Gasteiger partial charge in [0.25, 0.3) is 5.91 Å². The van der Waals surface area contributed by atoms with Crippen molar-refractivity contribution in [3.05, 3.63) is 74.9 Å². The van der Waals surface area contributed by atoms with Gasteiger partial charge in [0.1, 0.15) is 6.61 Å². The van der Waals surface area contributed by atoms with Crippen molar-refractivity contribution in [2.45, 2.75) is 6.42 Å². The van der Waals surface area contributed by atoms with Crippen molar-refractivity contribution in [3.8, 4) is 0 Å². The number of H-pyrrole nitrogens is 1. The highest BCUT2D eigenvalue weighted by Gasteiger charge is 2.21. The predicted molar refractivity (Wildman–Crippen MR) is 143 cm³/mol. The van der Waals surface area contributed by atoms with Crippen molar-refractivity contribution in [1.29, 1.82) is 0 Å². The number of benzene rings is 1. The lowest BCUT2D eigenvalue weighted by atomic mass is 10.1. The molecule has 0 spiro atoms. The fraction of sp³-hybridized carbons (Fsp3) is 0.308. The van der Waals surface area contributed by atoms with E-state index in [1.807, 2.05) is 54.7 Å². The number of aliphatic hydroxyl groups excluding tert-OH is 1. The van der Waals surface area contributed by atoms with Crippen LogP contribution in [0.5, 0.6) is 0 Å². The summed E-state index contributed by atoms with van der Waals surface area (Å²) in [5, 5.41) is 13.6. The highest BCUT2D eigenvalue weighted by atomic mass is 79.9. The number of halogens is 2. The Morgan fingerprint density at radius 2 is 1.97 bits per heavy atom. The molecule has 3 N–H and O–H groups in total. The standard InChI is InChI=1S/C26H28BrClN4O3/c27-19-6-8-21-23(16-19)30-22(9-5-18-2-1-3-20(28)7-4-18)25(21)26(35)29-10-11-31-12-14-32(15-13-31)24(34)17-33/h1,3-9,16,30,33H,2,10-15,17H2,(H,29,35)/b9-5+. The second-order valence-electron chi connectivity index (χ2n) is 8.47. The highest BCUT2D eigenvalue weighted by Crippen LogP contribution is 2.27. The van der Waals surface area contributed by atoms with Crippen LogP contribution in [0.2, 0.25) is 0 Å². The van der Waals surface area contributed by atoms with Crippen molar-refractivity contribution in [1.82, 2.24) is 20.1 Å². The fourth-order valence-electron chi connectivity index (χ4n) is 4.23. The Balaban J connectivity index is 1.45. The quantitative estimate of drug-likeness (QED) is 0.481. The van der Waals surface area contributed by atoms with E-state index in [-0.39, 0.29) is 11.8 Å². The summed E-state index contributed by atoms with van der Waals surface area (Å²) < 4.78 is 0.934. The lowest BCUT2D eigenvalue weighted by Crippen LogP contribution is -2.50. The number of aromatic nitrogens is 1. The molecule has 7 nitrogen and oxygen atoms in total. The van der Waals surface area contributed by atoms with Gasteiger partial charge in [-0.3, -0.25) is 14.5 Å². The second-order valence-corrected chi connectivity index (χ2v) is 9.83. The Labute approximate surface area is 217 Å². The Kier molecular flexibility index (Phi) is 8.62. The number of aliphatic hydroxyl groups is 1. The van der Waals surface area contributed by atoms with Crippen LogP contribution in [0.4, 0.5) is 0 Å². The van der Waals surface area contributed by atoms with Crippen molar-refractivity contribution < 1.29 is 14.7 Å². The molecule has 1 aromatic heterocycles. The van der Waals surface area contributed by atoms with Gasteiger partial charge in [0.05, 0.1) is 11.3 Å². The number of nitrogens with one attached hydrogen (secondary N) is 2. The summed E-state index contributed by atoms with van der Waals surface area (Å²) in [7, 11) is 0. The Morgan fingerprint density at radius 3 is 2.74 bits per heavy atom. The molecule has 2 aliphatic rings. The van der Waals surface area contributed by atoms with E-state index in [0.717, 1.165) is 46.2 Å². The van der Waals surface area contributed by atoms with E-state index in [9.17, 15) is 9.59 Å². The Hall–Kier alpha value is -2.65. The van der Waals surface area contributed by atoms with E-state index in [1.165, 1.54) is 0 Å². The molecule has 0 saturated carbocycles. The van der Waals surface area contributed by atoms with E-state index in [2.05, 4.69) is 31.1 Å². The molecule has 0 radical (unpaired) electrons. The maximum atomic E-state index is 13.3. The van der Waals surface area contributed by atoms with Crippen LogP contribution in [0.1, 0.15) is 22.5 Å². The van der Waals surface area contributed by atoms with Gasteiger partial charge in [-0.25, -0.2) is 0 Å². The third-order valence-electron chi connectivity index (χ3n) is 6.14. The van der Waals surface area contributed by atoms with Gasteiger partial charge >= 0.3 is 0 Å². The molecule has 1 saturated heterocycles. The minimum Gasteiger partial charge on any atom is -0.387 e. The number of aromatic amines is 1. The van der Waals surface area contributed by atoms with Gasteiger partial charge in [-0.1, -0.05) is 51.8 Å². The zero-order valence-corrected chi connectivity index (χ0v) is 21.6. The number of allylic oxidation sites excluding steroid dienone is 7. The molecule has 0 atom stereocenters. The molecule has 184 valence electrons. The Morgan fingerprint density at radius 1 is 1.17 bits per heavy atom. The average Bonchev–Trinajstić information content (AvgIpc) is 3.08. The molecule has 2 aromatic rings. The van der Waals surface area contributed by atoms with Crippen molar-refractivity contribution >= 4 is 56.3 Å². The molecule has 35 heavy (non-hydrogen) atoms. The first-order chi connectivity index (χ1) is 16.9. The van der Waals surface area contributed by atoms with Crippen LogP contribution in [0.3, 0.4) is 0 Å². The maximum Gasteiger partial charge on any atom is 0.254 e. The summed E-state index contributed by atoms with van der Waals surface area (Å²) in [5.74, 6) is -0.371. The largest absolute Gasteiger partial charge is 0.387 e. The number of hydrogen-bond acceptors (Lipinski definition) is 4. The van der Waals surface area contributed by atoms with E-state index < -0.39 is 6.61 Å². The predicted octanol–water partition coefficient (Wildman–Crippen LogP) is 3.82. The minimum atomic E-state index is -0.452. The summed E-state index contributed by atoms with van der Waals surface area (Å²) in [6.45, 7) is 3.36. The van der Waals surface area contributed by atoms with Gasteiger partial charge in [-0.2, -0.15) is 0 Å². The third kappa shape index (κ3) is 6.52. The monoisotopic (exact) mass is 558 g/mol. The molecular weight excluding hydrogens is 532 g/mol. The molecule has 1 aliphatic carbocycles. The summed E-state index contributed by atoms with van der Waals surface area (Å²) in [6, 6.07) is 5.83. The van der Waals surface area contributed by atoms with Gasteiger partial charge in [0, 0.05) is 59.7 Å². The summed E-state index contributed by atoms with van der Waals surface area (Å²) in [6.07, 6.45) is 12.4. The Bertz CT molecular complexity index is 1220. The van der Waals surface area contributed by atoms with Gasteiger partial charge in [0.2, 0.25) is 5.91 Å². The highest BCUT2D eigenvalue weighted by molar-refractivity contribution is 9.10. The average molecular weight is 560 g/mol. The first kappa shape index (κ1) is 25.4. The first-order valence-electron chi connectivity index (χ1n) is 11.6. The number of carbonyl (C=O) groups is 2. The number of hydrogen-bond donors (Lipinski definition) is 3. The SMILES string of the molecule is O=C(NCCN1CCN(C(=O)CO)CC1)c1c(/C=C/C2=CC=C(Cl)C=CC2)[nH]c2cc(Br)ccc12. The first-order valence-corrected chi connectivity index (χ1v) is 12.7. The van der Waals surface area contributed by atoms with Crippen LogP contribution in [0, 0.1) is 0 Å². The summed E-state index contributed by atoms with van der Waals surface area (Å²) >= 11 is 9.59. The van der Waals surface area contributed by atoms with E-state index in [1.54, 1.807) is 4.90 Å². The normalized spacial score (nSPS) is 16.9. The van der Waals surface area contributed by atoms with Gasteiger partial charge in [0.15, 0.2) is 0 Å². The zero-order chi connectivity index (χ0) is 24.8. The van der Waals surface area contributed by atoms with E-state index in [0.29, 0.717) is 36.8 Å². The minimum absolute atomic E-state index is 0.134. The maximum absolute atomic E-state index is 13.3. The number of fused-ring (bicyclic) bond motifs is 1. The van der Waals surface area contributed by atoms with Crippen molar-refractivity contribution in [2.75, 3.05) is 45.9 Å². The van der Waals surface area contributed by atoms with E-state index >= 15 is 0 Å². The lowest BCUT2D eigenvalue weighted by Gasteiger charge is -2.34. The molecule has 4 rings (SSSR count). The fourth-order valence-corrected chi connectivity index (χ4v) is 4.74. The smallest absolute Gasteiger partial charge is 0.254 e. The molecule has 1 aromatic carbocycles. The van der Waals surface area contributed by atoms with Crippen LogP contribution in [-0.2, 0) is 4.79 Å². The zero-order valence-electron chi connectivity index (χ0n) is 19.3. The molecule has 9 heteroatoms.